The maximum absolute atomic E-state index is 10.3. The van der Waals surface area contributed by atoms with Gasteiger partial charge in [-0.3, -0.25) is 4.55 Å². The highest BCUT2D eigenvalue weighted by molar-refractivity contribution is 7.74. The van der Waals surface area contributed by atoms with E-state index in [9.17, 15) is 4.21 Å². The van der Waals surface area contributed by atoms with E-state index < -0.39 is 11.4 Å². The first-order chi connectivity index (χ1) is 5.59. The molecule has 0 aromatic heterocycles. The van der Waals surface area contributed by atoms with Crippen molar-refractivity contribution in [3.8, 4) is 5.75 Å². The highest BCUT2D eigenvalue weighted by Gasteiger charge is 2.01. The molecule has 0 heterocycles. The average Bonchev–Trinajstić information content (AvgIpc) is 1.94. The van der Waals surface area contributed by atoms with E-state index in [1.165, 1.54) is 0 Å². The van der Waals surface area contributed by atoms with Gasteiger partial charge in [0.25, 0.3) is 0 Å². The monoisotopic (exact) mass is 186 g/mol. The molecule has 1 unspecified atom stereocenters. The molecule has 0 spiro atoms. The molecule has 1 N–H and O–H groups in total. The van der Waals surface area contributed by atoms with Crippen LogP contribution in [0.4, 0.5) is 0 Å². The van der Waals surface area contributed by atoms with E-state index in [4.69, 9.17) is 4.55 Å². The third-order valence-corrected chi connectivity index (χ3v) is 1.81. The maximum Gasteiger partial charge on any atom is 0.357 e. The van der Waals surface area contributed by atoms with Gasteiger partial charge in [-0.15, -0.1) is 0 Å². The predicted octanol–water partition coefficient (Wildman–Crippen LogP) is 1.82. The Balaban J connectivity index is 2.93. The molecule has 1 rings (SSSR count). The van der Waals surface area contributed by atoms with Gasteiger partial charge in [0.15, 0.2) is 0 Å². The SMILES string of the molecule is Cc1ccc(OS(=O)O)c(C)c1. The fraction of sp³-hybridized carbons (Fsp3) is 0.250. The second kappa shape index (κ2) is 3.69. The quantitative estimate of drug-likeness (QED) is 0.716. The minimum absolute atomic E-state index is 0.446. The van der Waals surface area contributed by atoms with Crippen LogP contribution in [0.2, 0.25) is 0 Å². The topological polar surface area (TPSA) is 46.5 Å². The summed E-state index contributed by atoms with van der Waals surface area (Å²) in [5, 5.41) is 0. The van der Waals surface area contributed by atoms with E-state index in [-0.39, 0.29) is 0 Å². The second-order valence-corrected chi connectivity index (χ2v) is 3.17. The Morgan fingerprint density at radius 3 is 2.58 bits per heavy atom. The molecule has 4 heteroatoms. The molecule has 0 bridgehead atoms. The molecule has 0 amide bonds. The molecule has 66 valence electrons. The summed E-state index contributed by atoms with van der Waals surface area (Å²) in [6.07, 6.45) is 0. The van der Waals surface area contributed by atoms with Gasteiger partial charge in [-0.2, -0.15) is 4.21 Å². The summed E-state index contributed by atoms with van der Waals surface area (Å²) >= 11 is -2.23. The zero-order chi connectivity index (χ0) is 9.14. The number of hydrogen-bond donors (Lipinski definition) is 1. The van der Waals surface area contributed by atoms with Crippen LogP contribution in [0.5, 0.6) is 5.75 Å². The van der Waals surface area contributed by atoms with Crippen molar-refractivity contribution in [2.75, 3.05) is 0 Å². The molecule has 0 radical (unpaired) electrons. The molecular formula is C8H10O3S. The molecule has 0 fully saturated rings. The van der Waals surface area contributed by atoms with Crippen LogP contribution in [0.1, 0.15) is 11.1 Å². The van der Waals surface area contributed by atoms with Crippen LogP contribution in [-0.4, -0.2) is 8.76 Å². The van der Waals surface area contributed by atoms with E-state index in [1.807, 2.05) is 26.0 Å². The molecule has 1 aromatic carbocycles. The van der Waals surface area contributed by atoms with Crippen LogP contribution in [0.15, 0.2) is 18.2 Å². The van der Waals surface area contributed by atoms with Gasteiger partial charge in [-0.1, -0.05) is 17.7 Å². The van der Waals surface area contributed by atoms with Gasteiger partial charge in [0.05, 0.1) is 0 Å². The third kappa shape index (κ3) is 2.32. The van der Waals surface area contributed by atoms with Gasteiger partial charge in [-0.05, 0) is 25.5 Å². The molecule has 1 atom stereocenters. The van der Waals surface area contributed by atoms with Crippen molar-refractivity contribution in [3.05, 3.63) is 29.3 Å². The summed E-state index contributed by atoms with van der Waals surface area (Å²) in [6, 6.07) is 5.40. The fourth-order valence-corrected chi connectivity index (χ4v) is 1.31. The largest absolute Gasteiger partial charge is 0.380 e. The van der Waals surface area contributed by atoms with Gasteiger partial charge in [0, 0.05) is 0 Å². The lowest BCUT2D eigenvalue weighted by molar-refractivity contribution is 0.456. The standard InChI is InChI=1S/C8H10O3S/c1-6-3-4-8(7(2)5-6)11-12(9)10/h3-5H,1-2H3,(H,9,10). The van der Waals surface area contributed by atoms with Crippen molar-refractivity contribution in [2.45, 2.75) is 13.8 Å². The molecule has 0 aliphatic heterocycles. The first-order valence-electron chi connectivity index (χ1n) is 3.46. The third-order valence-electron chi connectivity index (χ3n) is 1.49. The molecule has 0 saturated heterocycles. The summed E-state index contributed by atoms with van der Waals surface area (Å²) in [5.74, 6) is 0.446. The Morgan fingerprint density at radius 1 is 1.42 bits per heavy atom. The van der Waals surface area contributed by atoms with Crippen molar-refractivity contribution in [3.63, 3.8) is 0 Å². The Labute approximate surface area is 73.9 Å². The van der Waals surface area contributed by atoms with Crippen molar-refractivity contribution in [2.24, 2.45) is 0 Å². The van der Waals surface area contributed by atoms with Gasteiger partial charge in [-0.25, -0.2) is 0 Å². The van der Waals surface area contributed by atoms with E-state index >= 15 is 0 Å². The Hall–Kier alpha value is -0.870. The molecule has 12 heavy (non-hydrogen) atoms. The van der Waals surface area contributed by atoms with Crippen LogP contribution < -0.4 is 4.18 Å². The summed E-state index contributed by atoms with van der Waals surface area (Å²) in [7, 11) is 0. The first-order valence-corrected chi connectivity index (χ1v) is 4.49. The molecule has 0 aliphatic rings. The smallest absolute Gasteiger partial charge is 0.357 e. The average molecular weight is 186 g/mol. The summed E-state index contributed by atoms with van der Waals surface area (Å²) in [6.45, 7) is 3.78. The van der Waals surface area contributed by atoms with Crippen LogP contribution in [0.3, 0.4) is 0 Å². The van der Waals surface area contributed by atoms with Crippen LogP contribution in [0, 0.1) is 13.8 Å². The lowest BCUT2D eigenvalue weighted by Crippen LogP contribution is -1.98. The van der Waals surface area contributed by atoms with Gasteiger partial charge in [0.2, 0.25) is 0 Å². The Bertz CT molecular complexity index is 309. The summed E-state index contributed by atoms with van der Waals surface area (Å²) in [4.78, 5) is 0. The maximum atomic E-state index is 10.3. The van der Waals surface area contributed by atoms with Gasteiger partial charge >= 0.3 is 11.4 Å². The zero-order valence-electron chi connectivity index (χ0n) is 6.90. The Kier molecular flexibility index (Phi) is 2.83. The number of rotatable bonds is 2. The fourth-order valence-electron chi connectivity index (χ4n) is 0.970. The predicted molar refractivity (Wildman–Crippen MR) is 47.3 cm³/mol. The minimum Gasteiger partial charge on any atom is -0.380 e. The molecule has 0 saturated carbocycles. The van der Waals surface area contributed by atoms with Crippen LogP contribution in [-0.2, 0) is 11.4 Å². The van der Waals surface area contributed by atoms with E-state index in [1.54, 1.807) is 6.07 Å². The van der Waals surface area contributed by atoms with E-state index in [0.29, 0.717) is 5.75 Å². The summed E-state index contributed by atoms with van der Waals surface area (Å²) in [5.41, 5.74) is 1.96. The summed E-state index contributed by atoms with van der Waals surface area (Å²) < 4.78 is 23.4. The van der Waals surface area contributed by atoms with Gasteiger partial charge < -0.3 is 4.18 Å². The van der Waals surface area contributed by atoms with E-state index in [0.717, 1.165) is 11.1 Å². The molecule has 3 nitrogen and oxygen atoms in total. The molecular weight excluding hydrogens is 176 g/mol. The molecule has 0 aliphatic carbocycles. The lowest BCUT2D eigenvalue weighted by atomic mass is 10.1. The van der Waals surface area contributed by atoms with Crippen LogP contribution >= 0.6 is 0 Å². The highest BCUT2D eigenvalue weighted by atomic mass is 32.2. The number of aryl methyl sites for hydroxylation is 2. The van der Waals surface area contributed by atoms with Crippen molar-refractivity contribution >= 4 is 11.4 Å². The van der Waals surface area contributed by atoms with Gasteiger partial charge in [0.1, 0.15) is 5.75 Å². The van der Waals surface area contributed by atoms with Crippen molar-refractivity contribution in [1.82, 2.24) is 0 Å². The van der Waals surface area contributed by atoms with Crippen molar-refractivity contribution < 1.29 is 12.9 Å². The number of hydrogen-bond acceptors (Lipinski definition) is 2. The zero-order valence-corrected chi connectivity index (χ0v) is 7.72. The van der Waals surface area contributed by atoms with Crippen LogP contribution in [0.25, 0.3) is 0 Å². The van der Waals surface area contributed by atoms with Crippen molar-refractivity contribution in [1.29, 1.82) is 0 Å². The number of benzene rings is 1. The normalized spacial score (nSPS) is 12.6. The van der Waals surface area contributed by atoms with E-state index in [2.05, 4.69) is 4.18 Å². The lowest BCUT2D eigenvalue weighted by Gasteiger charge is -2.03. The highest BCUT2D eigenvalue weighted by Crippen LogP contribution is 2.18. The minimum atomic E-state index is -2.23. The first kappa shape index (κ1) is 9.22. The second-order valence-electron chi connectivity index (χ2n) is 2.57. The molecule has 1 aromatic rings. The Morgan fingerprint density at radius 2 is 2.08 bits per heavy atom.